The minimum atomic E-state index is -0.198. The summed E-state index contributed by atoms with van der Waals surface area (Å²) in [5.41, 5.74) is 0. The lowest BCUT2D eigenvalue weighted by Gasteiger charge is -2.25. The van der Waals surface area contributed by atoms with E-state index < -0.39 is 0 Å². The highest BCUT2D eigenvalue weighted by Crippen LogP contribution is 2.37. The molecule has 1 unspecified atom stereocenters. The zero-order valence-corrected chi connectivity index (χ0v) is 8.84. The van der Waals surface area contributed by atoms with Crippen molar-refractivity contribution in [1.29, 1.82) is 0 Å². The van der Waals surface area contributed by atoms with Crippen molar-refractivity contribution in [2.75, 3.05) is 13.2 Å². The van der Waals surface area contributed by atoms with Gasteiger partial charge in [0.2, 0.25) is 0 Å². The molecule has 1 atom stereocenters. The Bertz CT molecular complexity index is 194. The van der Waals surface area contributed by atoms with E-state index in [1.54, 1.807) is 0 Å². The molecule has 2 aliphatic rings. The van der Waals surface area contributed by atoms with Crippen LogP contribution in [0.25, 0.3) is 0 Å². The van der Waals surface area contributed by atoms with E-state index >= 15 is 0 Å². The van der Waals surface area contributed by atoms with Crippen LogP contribution in [0.3, 0.4) is 0 Å². The molecule has 1 aliphatic heterocycles. The third-order valence-electron chi connectivity index (χ3n) is 3.42. The van der Waals surface area contributed by atoms with Crippen molar-refractivity contribution < 1.29 is 9.47 Å². The predicted octanol–water partition coefficient (Wildman–Crippen LogP) is 2.89. The van der Waals surface area contributed by atoms with Crippen LogP contribution in [0.2, 0.25) is 0 Å². The van der Waals surface area contributed by atoms with Gasteiger partial charge >= 0.3 is 0 Å². The van der Waals surface area contributed by atoms with E-state index in [0.717, 1.165) is 38.4 Å². The molecule has 0 aromatic carbocycles. The molecular weight excluding hydrogens is 176 g/mol. The number of allylic oxidation sites excluding steroid dienone is 1. The highest BCUT2D eigenvalue weighted by molar-refractivity contribution is 4.82. The number of hydrogen-bond donors (Lipinski definition) is 0. The van der Waals surface area contributed by atoms with Gasteiger partial charge in [-0.05, 0) is 31.6 Å². The lowest BCUT2D eigenvalue weighted by Crippen LogP contribution is -2.28. The molecule has 14 heavy (non-hydrogen) atoms. The molecule has 0 amide bonds. The summed E-state index contributed by atoms with van der Waals surface area (Å²) in [6, 6.07) is 0. The van der Waals surface area contributed by atoms with Gasteiger partial charge in [-0.25, -0.2) is 0 Å². The second kappa shape index (κ2) is 4.45. The molecule has 1 aliphatic carbocycles. The van der Waals surface area contributed by atoms with Gasteiger partial charge in [-0.1, -0.05) is 6.08 Å². The van der Waals surface area contributed by atoms with Crippen molar-refractivity contribution in [3.63, 3.8) is 0 Å². The van der Waals surface area contributed by atoms with Crippen LogP contribution in [-0.2, 0) is 9.47 Å². The molecule has 2 heteroatoms. The fourth-order valence-electron chi connectivity index (χ4n) is 2.61. The van der Waals surface area contributed by atoms with Crippen LogP contribution >= 0.6 is 0 Å². The van der Waals surface area contributed by atoms with Gasteiger partial charge in [0.15, 0.2) is 5.79 Å². The van der Waals surface area contributed by atoms with Crippen molar-refractivity contribution in [3.8, 4) is 0 Å². The predicted molar refractivity (Wildman–Crippen MR) is 56.0 cm³/mol. The van der Waals surface area contributed by atoms with E-state index in [-0.39, 0.29) is 5.79 Å². The van der Waals surface area contributed by atoms with Crippen LogP contribution in [-0.4, -0.2) is 19.0 Å². The van der Waals surface area contributed by atoms with Crippen LogP contribution < -0.4 is 0 Å². The Morgan fingerprint density at radius 2 is 2.00 bits per heavy atom. The summed E-state index contributed by atoms with van der Waals surface area (Å²) >= 11 is 0. The lowest BCUT2D eigenvalue weighted by atomic mass is 9.97. The van der Waals surface area contributed by atoms with E-state index in [1.165, 1.54) is 19.3 Å². The van der Waals surface area contributed by atoms with Crippen molar-refractivity contribution in [2.24, 2.45) is 5.92 Å². The van der Waals surface area contributed by atoms with Gasteiger partial charge in [0.25, 0.3) is 0 Å². The first kappa shape index (κ1) is 10.2. The van der Waals surface area contributed by atoms with Crippen LogP contribution in [0, 0.1) is 5.92 Å². The molecule has 80 valence electrons. The van der Waals surface area contributed by atoms with Gasteiger partial charge in [0, 0.05) is 12.8 Å². The van der Waals surface area contributed by atoms with Crippen molar-refractivity contribution >= 4 is 0 Å². The van der Waals surface area contributed by atoms with E-state index in [1.807, 2.05) is 6.08 Å². The van der Waals surface area contributed by atoms with Gasteiger partial charge in [0.1, 0.15) is 0 Å². The molecule has 2 rings (SSSR count). The molecular formula is C12H20O2. The van der Waals surface area contributed by atoms with Crippen LogP contribution in [0.4, 0.5) is 0 Å². The van der Waals surface area contributed by atoms with Gasteiger partial charge in [-0.3, -0.25) is 0 Å². The molecule has 1 saturated carbocycles. The Balaban J connectivity index is 1.90. The standard InChI is InChI=1S/C12H20O2/c1-2-4-11-5-3-7-12(8-6-11)13-9-10-14-12/h2,11H,1,3-10H2. The summed E-state index contributed by atoms with van der Waals surface area (Å²) in [7, 11) is 0. The second-order valence-electron chi connectivity index (χ2n) is 4.43. The van der Waals surface area contributed by atoms with Crippen LogP contribution in [0.5, 0.6) is 0 Å². The molecule has 1 saturated heterocycles. The minimum Gasteiger partial charge on any atom is -0.348 e. The van der Waals surface area contributed by atoms with Gasteiger partial charge in [0.05, 0.1) is 13.2 Å². The van der Waals surface area contributed by atoms with E-state index in [2.05, 4.69) is 6.58 Å². The molecule has 0 radical (unpaired) electrons. The van der Waals surface area contributed by atoms with Crippen LogP contribution in [0.15, 0.2) is 12.7 Å². The first-order valence-electron chi connectivity index (χ1n) is 5.73. The highest BCUT2D eigenvalue weighted by Gasteiger charge is 2.37. The van der Waals surface area contributed by atoms with E-state index in [0.29, 0.717) is 0 Å². The highest BCUT2D eigenvalue weighted by atomic mass is 16.7. The Labute approximate surface area is 86.3 Å². The fourth-order valence-corrected chi connectivity index (χ4v) is 2.61. The average molecular weight is 196 g/mol. The van der Waals surface area contributed by atoms with Gasteiger partial charge in [-0.15, -0.1) is 6.58 Å². The summed E-state index contributed by atoms with van der Waals surface area (Å²) in [5.74, 6) is 0.607. The minimum absolute atomic E-state index is 0.198. The zero-order valence-electron chi connectivity index (χ0n) is 8.84. The summed E-state index contributed by atoms with van der Waals surface area (Å²) in [6.45, 7) is 5.38. The second-order valence-corrected chi connectivity index (χ2v) is 4.43. The Kier molecular flexibility index (Phi) is 3.24. The molecule has 1 spiro atoms. The maximum atomic E-state index is 5.74. The Hall–Kier alpha value is -0.340. The summed E-state index contributed by atoms with van der Waals surface area (Å²) < 4.78 is 11.5. The largest absolute Gasteiger partial charge is 0.348 e. The van der Waals surface area contributed by atoms with Crippen molar-refractivity contribution in [1.82, 2.24) is 0 Å². The fraction of sp³-hybridized carbons (Fsp3) is 0.833. The van der Waals surface area contributed by atoms with Gasteiger partial charge < -0.3 is 9.47 Å². The maximum Gasteiger partial charge on any atom is 0.168 e. The summed E-state index contributed by atoms with van der Waals surface area (Å²) in [5, 5.41) is 0. The lowest BCUT2D eigenvalue weighted by molar-refractivity contribution is -0.165. The molecule has 2 fully saturated rings. The third kappa shape index (κ3) is 2.18. The topological polar surface area (TPSA) is 18.5 Å². The Morgan fingerprint density at radius 1 is 1.21 bits per heavy atom. The number of hydrogen-bond acceptors (Lipinski definition) is 2. The third-order valence-corrected chi connectivity index (χ3v) is 3.42. The maximum absolute atomic E-state index is 5.74. The molecule has 1 heterocycles. The Morgan fingerprint density at radius 3 is 2.71 bits per heavy atom. The zero-order chi connectivity index (χ0) is 9.86. The molecule has 0 aromatic rings. The molecule has 0 aromatic heterocycles. The first-order valence-corrected chi connectivity index (χ1v) is 5.73. The smallest absolute Gasteiger partial charge is 0.168 e. The normalized spacial score (nSPS) is 31.6. The summed E-state index contributed by atoms with van der Waals surface area (Å²) in [4.78, 5) is 0. The number of ether oxygens (including phenoxy) is 2. The van der Waals surface area contributed by atoms with Crippen molar-refractivity contribution in [3.05, 3.63) is 12.7 Å². The number of rotatable bonds is 2. The quantitative estimate of drug-likeness (QED) is 0.632. The SMILES string of the molecule is C=CCC1CCCC2(CC1)OCCO2. The molecule has 0 N–H and O–H groups in total. The van der Waals surface area contributed by atoms with E-state index in [4.69, 9.17) is 9.47 Å². The van der Waals surface area contributed by atoms with Crippen LogP contribution in [0.1, 0.15) is 38.5 Å². The van der Waals surface area contributed by atoms with E-state index in [9.17, 15) is 0 Å². The monoisotopic (exact) mass is 196 g/mol. The molecule has 0 bridgehead atoms. The first-order chi connectivity index (χ1) is 6.85. The van der Waals surface area contributed by atoms with Crippen molar-refractivity contribution in [2.45, 2.75) is 44.3 Å². The summed E-state index contributed by atoms with van der Waals surface area (Å²) in [6.07, 6.45) is 9.12. The van der Waals surface area contributed by atoms with Gasteiger partial charge in [-0.2, -0.15) is 0 Å². The molecule has 2 nitrogen and oxygen atoms in total. The average Bonchev–Trinajstić information content (AvgIpc) is 2.54.